The van der Waals surface area contributed by atoms with E-state index in [1.165, 1.54) is 82.4 Å². The molecule has 1 aliphatic rings. The highest BCUT2D eigenvalue weighted by Crippen LogP contribution is 2.52. The van der Waals surface area contributed by atoms with Gasteiger partial charge in [0.2, 0.25) is 0 Å². The van der Waals surface area contributed by atoms with Crippen molar-refractivity contribution in [2.45, 2.75) is 0 Å². The predicted octanol–water partition coefficient (Wildman–Crippen LogP) is 10.4. The number of hydrogen-bond donors (Lipinski definition) is 0. The van der Waals surface area contributed by atoms with Crippen LogP contribution in [0.5, 0.6) is 0 Å². The summed E-state index contributed by atoms with van der Waals surface area (Å²) >= 11 is 0. The maximum absolute atomic E-state index is 2.44. The summed E-state index contributed by atoms with van der Waals surface area (Å²) in [5.74, 6) is 0. The van der Waals surface area contributed by atoms with Gasteiger partial charge in [-0.2, -0.15) is 0 Å². The minimum Gasteiger partial charge on any atom is -0.309 e. The highest BCUT2D eigenvalue weighted by Gasteiger charge is 2.26. The van der Waals surface area contributed by atoms with Gasteiger partial charge in [-0.3, -0.25) is 0 Å². The SMILES string of the molecule is c1ccc(-c2ccc3cc(-n4c5ccccc5c5c6c(ccc54)-c4cccc5cccc-6c45)ccc3c2)cc1. The standard InChI is InChI=1S/C38H23N/c1-2-8-24(9-3-1)26-16-17-28-23-29(19-18-27(28)22-26)39-34-15-5-4-12-32(34)38-35(39)21-20-31-30-13-6-10-25-11-7-14-33(36(25)30)37(31)38/h1-23H. The van der Waals surface area contributed by atoms with Gasteiger partial charge in [0.15, 0.2) is 0 Å². The van der Waals surface area contributed by atoms with E-state index >= 15 is 0 Å². The lowest BCUT2D eigenvalue weighted by molar-refractivity contribution is 1.19. The van der Waals surface area contributed by atoms with Crippen LogP contribution in [0.1, 0.15) is 0 Å². The Morgan fingerprint density at radius 3 is 2.05 bits per heavy atom. The zero-order chi connectivity index (χ0) is 25.5. The molecule has 0 N–H and O–H groups in total. The van der Waals surface area contributed by atoms with Crippen LogP contribution in [0.15, 0.2) is 140 Å². The Labute approximate surface area is 226 Å². The Balaban J connectivity index is 1.31. The maximum Gasteiger partial charge on any atom is 0.0547 e. The number of para-hydroxylation sites is 1. The smallest absolute Gasteiger partial charge is 0.0547 e. The third-order valence-electron chi connectivity index (χ3n) is 8.49. The van der Waals surface area contributed by atoms with Crippen molar-refractivity contribution in [3.63, 3.8) is 0 Å². The Morgan fingerprint density at radius 2 is 1.15 bits per heavy atom. The van der Waals surface area contributed by atoms with Crippen molar-refractivity contribution in [3.05, 3.63) is 140 Å². The lowest BCUT2D eigenvalue weighted by Gasteiger charge is -2.11. The number of aromatic nitrogens is 1. The number of rotatable bonds is 2. The van der Waals surface area contributed by atoms with E-state index in [0.717, 1.165) is 0 Å². The molecular weight excluding hydrogens is 470 g/mol. The molecule has 0 saturated heterocycles. The lowest BCUT2D eigenvalue weighted by Crippen LogP contribution is -1.94. The molecule has 0 spiro atoms. The summed E-state index contributed by atoms with van der Waals surface area (Å²) in [6.45, 7) is 0. The average Bonchev–Trinajstić information content (AvgIpc) is 3.51. The van der Waals surface area contributed by atoms with Crippen LogP contribution in [0.2, 0.25) is 0 Å². The van der Waals surface area contributed by atoms with Gasteiger partial charge in [0.25, 0.3) is 0 Å². The van der Waals surface area contributed by atoms with E-state index in [1.807, 2.05) is 0 Å². The van der Waals surface area contributed by atoms with Crippen LogP contribution < -0.4 is 0 Å². The van der Waals surface area contributed by atoms with Crippen molar-refractivity contribution >= 4 is 43.4 Å². The molecule has 0 aliphatic heterocycles. The Hall–Kier alpha value is -5.14. The fourth-order valence-corrected chi connectivity index (χ4v) is 6.80. The summed E-state index contributed by atoms with van der Waals surface area (Å²) < 4.78 is 2.44. The fourth-order valence-electron chi connectivity index (χ4n) is 6.80. The summed E-state index contributed by atoms with van der Waals surface area (Å²) in [4.78, 5) is 0. The van der Waals surface area contributed by atoms with Crippen LogP contribution in [-0.2, 0) is 0 Å². The highest BCUT2D eigenvalue weighted by atomic mass is 15.0. The zero-order valence-corrected chi connectivity index (χ0v) is 21.2. The quantitative estimate of drug-likeness (QED) is 0.226. The average molecular weight is 494 g/mol. The van der Waals surface area contributed by atoms with Gasteiger partial charge < -0.3 is 4.57 Å². The molecule has 0 fully saturated rings. The first-order valence-electron chi connectivity index (χ1n) is 13.5. The molecule has 9 rings (SSSR count). The van der Waals surface area contributed by atoms with Crippen LogP contribution in [-0.4, -0.2) is 4.57 Å². The molecule has 180 valence electrons. The summed E-state index contributed by atoms with van der Waals surface area (Å²) in [7, 11) is 0. The third-order valence-corrected chi connectivity index (χ3v) is 8.49. The van der Waals surface area contributed by atoms with Crippen molar-refractivity contribution in [3.8, 4) is 39.1 Å². The van der Waals surface area contributed by atoms with Gasteiger partial charge in [0.05, 0.1) is 11.0 Å². The molecule has 1 aromatic heterocycles. The van der Waals surface area contributed by atoms with Gasteiger partial charge in [-0.05, 0) is 79.7 Å². The largest absolute Gasteiger partial charge is 0.309 e. The predicted molar refractivity (Wildman–Crippen MR) is 166 cm³/mol. The van der Waals surface area contributed by atoms with E-state index in [-0.39, 0.29) is 0 Å². The van der Waals surface area contributed by atoms with E-state index in [2.05, 4.69) is 144 Å². The van der Waals surface area contributed by atoms with Crippen molar-refractivity contribution in [1.82, 2.24) is 4.57 Å². The normalized spacial score (nSPS) is 12.1. The summed E-state index contributed by atoms with van der Waals surface area (Å²) in [5, 5.41) is 7.82. The monoisotopic (exact) mass is 493 g/mol. The second kappa shape index (κ2) is 7.69. The van der Waals surface area contributed by atoms with Crippen LogP contribution >= 0.6 is 0 Å². The summed E-state index contributed by atoms with van der Waals surface area (Å²) in [5.41, 5.74) is 11.6. The highest BCUT2D eigenvalue weighted by molar-refractivity contribution is 6.26. The molecule has 1 heteroatoms. The Kier molecular flexibility index (Phi) is 4.11. The van der Waals surface area contributed by atoms with Crippen LogP contribution in [0, 0.1) is 0 Å². The summed E-state index contributed by atoms with van der Waals surface area (Å²) in [6.07, 6.45) is 0. The second-order valence-electron chi connectivity index (χ2n) is 10.6. The van der Waals surface area contributed by atoms with Crippen LogP contribution in [0.25, 0.3) is 82.4 Å². The zero-order valence-electron chi connectivity index (χ0n) is 21.2. The topological polar surface area (TPSA) is 4.93 Å². The van der Waals surface area contributed by atoms with Crippen LogP contribution in [0.3, 0.4) is 0 Å². The molecular formula is C38H23N. The molecule has 1 nitrogen and oxygen atoms in total. The van der Waals surface area contributed by atoms with Crippen molar-refractivity contribution in [1.29, 1.82) is 0 Å². The number of hydrogen-bond acceptors (Lipinski definition) is 0. The molecule has 7 aromatic carbocycles. The third kappa shape index (κ3) is 2.85. The van der Waals surface area contributed by atoms with Gasteiger partial charge in [-0.25, -0.2) is 0 Å². The fraction of sp³-hybridized carbons (Fsp3) is 0. The number of fused-ring (bicyclic) bond motifs is 8. The number of nitrogens with zero attached hydrogens (tertiary/aromatic N) is 1. The molecule has 0 amide bonds. The molecule has 0 atom stereocenters. The molecule has 1 heterocycles. The van der Waals surface area contributed by atoms with Crippen molar-refractivity contribution < 1.29 is 0 Å². The molecule has 39 heavy (non-hydrogen) atoms. The minimum atomic E-state index is 1.19. The molecule has 0 bridgehead atoms. The lowest BCUT2D eigenvalue weighted by atomic mass is 9.98. The van der Waals surface area contributed by atoms with E-state index in [9.17, 15) is 0 Å². The van der Waals surface area contributed by atoms with E-state index in [1.54, 1.807) is 0 Å². The molecule has 0 saturated carbocycles. The van der Waals surface area contributed by atoms with Crippen LogP contribution in [0.4, 0.5) is 0 Å². The first kappa shape index (κ1) is 20.9. The van der Waals surface area contributed by atoms with E-state index < -0.39 is 0 Å². The van der Waals surface area contributed by atoms with Gasteiger partial charge in [0.1, 0.15) is 0 Å². The first-order chi connectivity index (χ1) is 19.3. The van der Waals surface area contributed by atoms with Gasteiger partial charge in [-0.1, -0.05) is 109 Å². The van der Waals surface area contributed by atoms with E-state index in [4.69, 9.17) is 0 Å². The maximum atomic E-state index is 2.44. The van der Waals surface area contributed by atoms with Crippen molar-refractivity contribution in [2.75, 3.05) is 0 Å². The first-order valence-corrected chi connectivity index (χ1v) is 13.5. The Bertz CT molecular complexity index is 2260. The van der Waals surface area contributed by atoms with Gasteiger partial charge >= 0.3 is 0 Å². The second-order valence-corrected chi connectivity index (χ2v) is 10.6. The van der Waals surface area contributed by atoms with E-state index in [0.29, 0.717) is 0 Å². The van der Waals surface area contributed by atoms with Crippen molar-refractivity contribution in [2.24, 2.45) is 0 Å². The number of benzene rings is 7. The molecule has 8 aromatic rings. The Morgan fingerprint density at radius 1 is 0.385 bits per heavy atom. The van der Waals surface area contributed by atoms with Gasteiger partial charge in [-0.15, -0.1) is 0 Å². The molecule has 0 unspecified atom stereocenters. The minimum absolute atomic E-state index is 1.19. The summed E-state index contributed by atoms with van der Waals surface area (Å²) in [6, 6.07) is 51.2. The van der Waals surface area contributed by atoms with Gasteiger partial charge in [0, 0.05) is 22.0 Å². The molecule has 0 radical (unpaired) electrons. The molecule has 1 aliphatic carbocycles.